The minimum atomic E-state index is -0.105. The summed E-state index contributed by atoms with van der Waals surface area (Å²) in [4.78, 5) is 12.2. The third kappa shape index (κ3) is 3.62. The highest BCUT2D eigenvalue weighted by Gasteiger charge is 2.13. The standard InChI is InChI=1S/C17H18N4O3/c1-12-19-20-17(24-12)15-7-4-8-21(15)11-16(22)18-10-13-5-3-6-14(9-13)23-2/h3-9H,10-11H2,1-2H3,(H,18,22). The van der Waals surface area contributed by atoms with Gasteiger partial charge in [-0.2, -0.15) is 0 Å². The van der Waals surface area contributed by atoms with Crippen molar-refractivity contribution < 1.29 is 13.9 Å². The molecule has 7 nitrogen and oxygen atoms in total. The molecule has 24 heavy (non-hydrogen) atoms. The van der Waals surface area contributed by atoms with Crippen molar-refractivity contribution in [2.45, 2.75) is 20.0 Å². The molecule has 0 aliphatic rings. The van der Waals surface area contributed by atoms with E-state index in [1.165, 1.54) is 0 Å². The number of nitrogens with zero attached hydrogens (tertiary/aromatic N) is 3. The average molecular weight is 326 g/mol. The normalized spacial score (nSPS) is 10.6. The van der Waals surface area contributed by atoms with Crippen molar-refractivity contribution in [1.29, 1.82) is 0 Å². The Hall–Kier alpha value is -3.09. The van der Waals surface area contributed by atoms with Gasteiger partial charge in [0.2, 0.25) is 11.8 Å². The third-order valence-corrected chi connectivity index (χ3v) is 3.51. The van der Waals surface area contributed by atoms with Crippen LogP contribution >= 0.6 is 0 Å². The van der Waals surface area contributed by atoms with Crippen LogP contribution in [-0.4, -0.2) is 27.8 Å². The van der Waals surface area contributed by atoms with Gasteiger partial charge < -0.3 is 19.0 Å². The largest absolute Gasteiger partial charge is 0.497 e. The van der Waals surface area contributed by atoms with Crippen molar-refractivity contribution in [3.05, 3.63) is 54.0 Å². The zero-order valence-electron chi connectivity index (χ0n) is 13.5. The zero-order chi connectivity index (χ0) is 16.9. The maximum absolute atomic E-state index is 12.2. The number of carbonyl (C=O) groups is 1. The number of rotatable bonds is 6. The Balaban J connectivity index is 1.62. The molecule has 0 unspecified atom stereocenters. The lowest BCUT2D eigenvalue weighted by molar-refractivity contribution is -0.121. The van der Waals surface area contributed by atoms with Crippen molar-refractivity contribution in [3.63, 3.8) is 0 Å². The molecule has 0 aliphatic carbocycles. The highest BCUT2D eigenvalue weighted by Crippen LogP contribution is 2.18. The summed E-state index contributed by atoms with van der Waals surface area (Å²) in [6.07, 6.45) is 1.81. The zero-order valence-corrected chi connectivity index (χ0v) is 13.5. The van der Waals surface area contributed by atoms with Crippen LogP contribution in [0.5, 0.6) is 5.75 Å². The minimum Gasteiger partial charge on any atom is -0.497 e. The van der Waals surface area contributed by atoms with E-state index in [1.54, 1.807) is 24.8 Å². The number of ether oxygens (including phenoxy) is 1. The first kappa shape index (κ1) is 15.8. The van der Waals surface area contributed by atoms with Gasteiger partial charge in [0, 0.05) is 19.7 Å². The molecule has 0 radical (unpaired) electrons. The summed E-state index contributed by atoms with van der Waals surface area (Å²) in [6, 6.07) is 11.3. The smallest absolute Gasteiger partial charge is 0.264 e. The van der Waals surface area contributed by atoms with E-state index in [1.807, 2.05) is 36.4 Å². The van der Waals surface area contributed by atoms with E-state index in [4.69, 9.17) is 9.15 Å². The molecular weight excluding hydrogens is 308 g/mol. The van der Waals surface area contributed by atoms with Gasteiger partial charge in [-0.3, -0.25) is 4.79 Å². The molecule has 0 atom stereocenters. The first-order valence-electron chi connectivity index (χ1n) is 7.51. The Kier molecular flexibility index (Phi) is 4.60. The van der Waals surface area contributed by atoms with Crippen molar-refractivity contribution in [2.75, 3.05) is 7.11 Å². The maximum Gasteiger partial charge on any atom is 0.264 e. The van der Waals surface area contributed by atoms with E-state index in [-0.39, 0.29) is 12.5 Å². The van der Waals surface area contributed by atoms with Crippen LogP contribution in [0, 0.1) is 6.92 Å². The number of nitrogens with one attached hydrogen (secondary N) is 1. The second kappa shape index (κ2) is 6.99. The number of carbonyl (C=O) groups excluding carboxylic acids is 1. The number of methoxy groups -OCH3 is 1. The van der Waals surface area contributed by atoms with Crippen molar-refractivity contribution in [2.24, 2.45) is 0 Å². The molecule has 3 aromatic rings. The van der Waals surface area contributed by atoms with Gasteiger partial charge in [-0.1, -0.05) is 12.1 Å². The number of benzene rings is 1. The van der Waals surface area contributed by atoms with Crippen molar-refractivity contribution in [3.8, 4) is 17.3 Å². The molecule has 2 heterocycles. The first-order valence-corrected chi connectivity index (χ1v) is 7.51. The lowest BCUT2D eigenvalue weighted by Crippen LogP contribution is -2.27. The molecule has 3 rings (SSSR count). The molecule has 0 saturated heterocycles. The van der Waals surface area contributed by atoms with Crippen LogP contribution < -0.4 is 10.1 Å². The van der Waals surface area contributed by atoms with Gasteiger partial charge >= 0.3 is 0 Å². The van der Waals surface area contributed by atoms with Crippen molar-refractivity contribution >= 4 is 5.91 Å². The summed E-state index contributed by atoms with van der Waals surface area (Å²) in [5, 5.41) is 10.7. The van der Waals surface area contributed by atoms with Crippen LogP contribution in [0.3, 0.4) is 0 Å². The first-order chi connectivity index (χ1) is 11.7. The van der Waals surface area contributed by atoms with E-state index in [0.29, 0.717) is 24.0 Å². The highest BCUT2D eigenvalue weighted by atomic mass is 16.5. The van der Waals surface area contributed by atoms with Gasteiger partial charge in [0.1, 0.15) is 18.0 Å². The van der Waals surface area contributed by atoms with Crippen molar-refractivity contribution in [1.82, 2.24) is 20.1 Å². The van der Waals surface area contributed by atoms with Crippen LogP contribution in [-0.2, 0) is 17.9 Å². The number of hydrogen-bond donors (Lipinski definition) is 1. The Morgan fingerprint density at radius 3 is 2.92 bits per heavy atom. The van der Waals surface area contributed by atoms with Gasteiger partial charge in [0.05, 0.1) is 7.11 Å². The second-order valence-corrected chi connectivity index (χ2v) is 5.28. The Morgan fingerprint density at radius 2 is 2.17 bits per heavy atom. The second-order valence-electron chi connectivity index (χ2n) is 5.28. The molecular formula is C17H18N4O3. The maximum atomic E-state index is 12.2. The third-order valence-electron chi connectivity index (χ3n) is 3.51. The van der Waals surface area contributed by atoms with E-state index in [2.05, 4.69) is 15.5 Å². The summed E-state index contributed by atoms with van der Waals surface area (Å²) in [5.41, 5.74) is 1.69. The molecule has 0 fully saturated rings. The van der Waals surface area contributed by atoms with E-state index in [0.717, 1.165) is 11.3 Å². The Labute approximate surface area is 139 Å². The van der Waals surface area contributed by atoms with E-state index in [9.17, 15) is 4.79 Å². The SMILES string of the molecule is COc1cccc(CNC(=O)Cn2cccc2-c2nnc(C)o2)c1. The highest BCUT2D eigenvalue weighted by molar-refractivity contribution is 5.76. The molecule has 1 amide bonds. The van der Waals surface area contributed by atoms with Crippen LogP contribution in [0.1, 0.15) is 11.5 Å². The molecule has 1 aromatic carbocycles. The van der Waals surface area contributed by atoms with E-state index >= 15 is 0 Å². The molecule has 0 spiro atoms. The van der Waals surface area contributed by atoms with Crippen LogP contribution in [0.4, 0.5) is 0 Å². The van der Waals surface area contributed by atoms with Crippen LogP contribution in [0.15, 0.2) is 47.0 Å². The van der Waals surface area contributed by atoms with Gasteiger partial charge in [-0.05, 0) is 29.8 Å². The molecule has 0 bridgehead atoms. The Bertz CT molecular complexity index is 838. The summed E-state index contributed by atoms with van der Waals surface area (Å²) in [5.74, 6) is 1.55. The summed E-state index contributed by atoms with van der Waals surface area (Å²) >= 11 is 0. The quantitative estimate of drug-likeness (QED) is 0.751. The molecule has 2 aromatic heterocycles. The molecule has 1 N–H and O–H groups in total. The minimum absolute atomic E-state index is 0.105. The summed E-state index contributed by atoms with van der Waals surface area (Å²) in [7, 11) is 1.62. The lowest BCUT2D eigenvalue weighted by Gasteiger charge is -2.09. The number of amides is 1. The molecule has 124 valence electrons. The van der Waals surface area contributed by atoms with Crippen LogP contribution in [0.2, 0.25) is 0 Å². The van der Waals surface area contributed by atoms with Crippen LogP contribution in [0.25, 0.3) is 11.6 Å². The van der Waals surface area contributed by atoms with Gasteiger partial charge in [0.25, 0.3) is 5.89 Å². The van der Waals surface area contributed by atoms with E-state index < -0.39 is 0 Å². The number of aromatic nitrogens is 3. The fourth-order valence-electron chi connectivity index (χ4n) is 2.34. The summed E-state index contributed by atoms with van der Waals surface area (Å²) < 4.78 is 12.4. The van der Waals surface area contributed by atoms with Gasteiger partial charge in [-0.25, -0.2) is 0 Å². The number of hydrogen-bond acceptors (Lipinski definition) is 5. The molecule has 7 heteroatoms. The predicted octanol–water partition coefficient (Wildman–Crippen LogP) is 2.17. The summed E-state index contributed by atoms with van der Waals surface area (Å²) in [6.45, 7) is 2.34. The van der Waals surface area contributed by atoms with Gasteiger partial charge in [0.15, 0.2) is 0 Å². The average Bonchev–Trinajstić information content (AvgIpc) is 3.22. The predicted molar refractivity (Wildman–Crippen MR) is 87.3 cm³/mol. The number of aryl methyl sites for hydroxylation is 1. The molecule has 0 aliphatic heterocycles. The topological polar surface area (TPSA) is 82.2 Å². The Morgan fingerprint density at radius 1 is 1.29 bits per heavy atom. The van der Waals surface area contributed by atoms with Gasteiger partial charge in [-0.15, -0.1) is 10.2 Å². The monoisotopic (exact) mass is 326 g/mol. The fourth-order valence-corrected chi connectivity index (χ4v) is 2.34. The molecule has 0 saturated carbocycles. The fraction of sp³-hybridized carbons (Fsp3) is 0.235. The lowest BCUT2D eigenvalue weighted by atomic mass is 10.2.